The number of piperidine rings is 1. The highest BCUT2D eigenvalue weighted by Gasteiger charge is 2.28. The molecular formula is C19H23N7O. The van der Waals surface area contributed by atoms with E-state index in [1.165, 1.54) is 0 Å². The van der Waals surface area contributed by atoms with Crippen LogP contribution in [0.1, 0.15) is 29.0 Å². The van der Waals surface area contributed by atoms with Crippen molar-refractivity contribution in [2.75, 3.05) is 25.0 Å². The average molecular weight is 365 g/mol. The highest BCUT2D eigenvalue weighted by Crippen LogP contribution is 2.26. The summed E-state index contributed by atoms with van der Waals surface area (Å²) in [5, 5.41) is 5.28. The zero-order valence-electron chi connectivity index (χ0n) is 15.8. The number of aromatic nitrogens is 5. The van der Waals surface area contributed by atoms with Gasteiger partial charge in [-0.25, -0.2) is 15.0 Å². The van der Waals surface area contributed by atoms with E-state index in [0.717, 1.165) is 42.8 Å². The molecule has 0 spiro atoms. The van der Waals surface area contributed by atoms with Crippen molar-refractivity contribution in [2.45, 2.75) is 25.8 Å². The van der Waals surface area contributed by atoms with Crippen molar-refractivity contribution >= 4 is 22.8 Å². The van der Waals surface area contributed by atoms with E-state index in [4.69, 9.17) is 0 Å². The zero-order valence-corrected chi connectivity index (χ0v) is 15.8. The number of nitrogens with zero attached hydrogens (tertiary/aromatic N) is 7. The number of aryl methyl sites for hydroxylation is 2. The molecule has 27 heavy (non-hydrogen) atoms. The van der Waals surface area contributed by atoms with Crippen LogP contribution in [0.25, 0.3) is 11.0 Å². The minimum Gasteiger partial charge on any atom is -0.356 e. The monoisotopic (exact) mass is 365 g/mol. The minimum atomic E-state index is -0.0196. The third-order valence-corrected chi connectivity index (χ3v) is 5.35. The van der Waals surface area contributed by atoms with Gasteiger partial charge in [0.25, 0.3) is 5.91 Å². The molecule has 4 heterocycles. The molecule has 0 N–H and O–H groups in total. The molecule has 3 aromatic rings. The van der Waals surface area contributed by atoms with Gasteiger partial charge >= 0.3 is 0 Å². The van der Waals surface area contributed by atoms with Crippen molar-refractivity contribution in [3.8, 4) is 0 Å². The number of carbonyl (C=O) groups is 1. The molecule has 1 aliphatic heterocycles. The Labute approximate surface area is 157 Å². The van der Waals surface area contributed by atoms with Gasteiger partial charge in [-0.15, -0.1) is 0 Å². The third kappa shape index (κ3) is 3.22. The molecule has 0 radical (unpaired) electrons. The Bertz CT molecular complexity index is 950. The average Bonchev–Trinajstić information content (AvgIpc) is 3.05. The standard InChI is InChI=1S/C19H23N7O/c1-13-11-16(23-25(13)3)19(27)24(2)14-6-9-26(10-7-14)18-15-5-4-8-20-17(15)21-12-22-18/h4-5,8,11-12,14H,6-7,9-10H2,1-3H3. The summed E-state index contributed by atoms with van der Waals surface area (Å²) in [7, 11) is 3.72. The van der Waals surface area contributed by atoms with Crippen molar-refractivity contribution in [1.82, 2.24) is 29.6 Å². The third-order valence-electron chi connectivity index (χ3n) is 5.35. The normalized spacial score (nSPS) is 15.3. The summed E-state index contributed by atoms with van der Waals surface area (Å²) in [5.41, 5.74) is 2.20. The Balaban J connectivity index is 1.46. The number of carbonyl (C=O) groups excluding carboxylic acids is 1. The van der Waals surface area contributed by atoms with Crippen LogP contribution in [-0.4, -0.2) is 61.7 Å². The van der Waals surface area contributed by atoms with Gasteiger partial charge in [-0.05, 0) is 38.0 Å². The molecule has 0 aromatic carbocycles. The Morgan fingerprint density at radius 1 is 1.22 bits per heavy atom. The molecule has 0 unspecified atom stereocenters. The van der Waals surface area contributed by atoms with Crippen molar-refractivity contribution in [2.24, 2.45) is 7.05 Å². The second-order valence-electron chi connectivity index (χ2n) is 7.00. The summed E-state index contributed by atoms with van der Waals surface area (Å²) in [6.07, 6.45) is 5.08. The predicted octanol–water partition coefficient (Wildman–Crippen LogP) is 1.81. The molecule has 1 aliphatic rings. The van der Waals surface area contributed by atoms with E-state index in [0.29, 0.717) is 11.3 Å². The van der Waals surface area contributed by atoms with E-state index in [1.807, 2.05) is 44.1 Å². The number of anilines is 1. The molecule has 0 bridgehead atoms. The fourth-order valence-corrected chi connectivity index (χ4v) is 3.61. The minimum absolute atomic E-state index is 0.0196. The number of fused-ring (bicyclic) bond motifs is 1. The molecule has 140 valence electrons. The van der Waals surface area contributed by atoms with Crippen LogP contribution < -0.4 is 4.90 Å². The van der Waals surface area contributed by atoms with Crippen LogP contribution in [0.3, 0.4) is 0 Å². The van der Waals surface area contributed by atoms with E-state index >= 15 is 0 Å². The van der Waals surface area contributed by atoms with Crippen LogP contribution >= 0.6 is 0 Å². The van der Waals surface area contributed by atoms with Gasteiger partial charge in [0.2, 0.25) is 0 Å². The van der Waals surface area contributed by atoms with Gasteiger partial charge in [-0.1, -0.05) is 0 Å². The maximum absolute atomic E-state index is 12.7. The topological polar surface area (TPSA) is 80.0 Å². The number of hydrogen-bond acceptors (Lipinski definition) is 6. The van der Waals surface area contributed by atoms with E-state index in [2.05, 4.69) is 25.0 Å². The van der Waals surface area contributed by atoms with Crippen molar-refractivity contribution in [3.63, 3.8) is 0 Å². The fourth-order valence-electron chi connectivity index (χ4n) is 3.61. The van der Waals surface area contributed by atoms with Crippen molar-refractivity contribution in [1.29, 1.82) is 0 Å². The molecule has 0 saturated carbocycles. The lowest BCUT2D eigenvalue weighted by atomic mass is 10.0. The largest absolute Gasteiger partial charge is 0.356 e. The first-order chi connectivity index (χ1) is 13.0. The summed E-state index contributed by atoms with van der Waals surface area (Å²) < 4.78 is 1.73. The lowest BCUT2D eigenvalue weighted by Gasteiger charge is -2.37. The first-order valence-electron chi connectivity index (χ1n) is 9.13. The van der Waals surface area contributed by atoms with E-state index in [1.54, 1.807) is 17.2 Å². The lowest BCUT2D eigenvalue weighted by Crippen LogP contribution is -2.46. The first-order valence-corrected chi connectivity index (χ1v) is 9.13. The van der Waals surface area contributed by atoms with Crippen LogP contribution in [0.2, 0.25) is 0 Å². The lowest BCUT2D eigenvalue weighted by molar-refractivity contribution is 0.0702. The summed E-state index contributed by atoms with van der Waals surface area (Å²) >= 11 is 0. The molecule has 4 rings (SSSR count). The molecular weight excluding hydrogens is 342 g/mol. The SMILES string of the molecule is Cc1cc(C(=O)N(C)C2CCN(c3ncnc4ncccc34)CC2)nn1C. The predicted molar refractivity (Wildman–Crippen MR) is 103 cm³/mol. The van der Waals surface area contributed by atoms with Gasteiger partial charge < -0.3 is 9.80 Å². The van der Waals surface area contributed by atoms with E-state index in [9.17, 15) is 4.79 Å². The summed E-state index contributed by atoms with van der Waals surface area (Å²) in [5.74, 6) is 0.898. The molecule has 1 fully saturated rings. The Hall–Kier alpha value is -3.03. The van der Waals surface area contributed by atoms with Crippen molar-refractivity contribution < 1.29 is 4.79 Å². The van der Waals surface area contributed by atoms with Crippen LogP contribution in [0.15, 0.2) is 30.7 Å². The van der Waals surface area contributed by atoms with Gasteiger partial charge in [0.1, 0.15) is 12.1 Å². The Morgan fingerprint density at radius 3 is 2.70 bits per heavy atom. The molecule has 1 amide bonds. The Kier molecular flexibility index (Phi) is 4.47. The first kappa shape index (κ1) is 17.4. The molecule has 8 nitrogen and oxygen atoms in total. The van der Waals surface area contributed by atoms with Crippen molar-refractivity contribution in [3.05, 3.63) is 42.1 Å². The fraction of sp³-hybridized carbons (Fsp3) is 0.421. The number of hydrogen-bond donors (Lipinski definition) is 0. The maximum atomic E-state index is 12.7. The van der Waals surface area contributed by atoms with E-state index < -0.39 is 0 Å². The smallest absolute Gasteiger partial charge is 0.274 e. The second kappa shape index (κ2) is 6.94. The van der Waals surface area contributed by atoms with Gasteiger partial charge in [-0.3, -0.25) is 9.48 Å². The molecule has 8 heteroatoms. The van der Waals surface area contributed by atoms with Gasteiger partial charge in [0.15, 0.2) is 11.3 Å². The summed E-state index contributed by atoms with van der Waals surface area (Å²) in [6.45, 7) is 3.62. The zero-order chi connectivity index (χ0) is 19.0. The Morgan fingerprint density at radius 2 is 2.00 bits per heavy atom. The maximum Gasteiger partial charge on any atom is 0.274 e. The van der Waals surface area contributed by atoms with Crippen LogP contribution in [-0.2, 0) is 7.05 Å². The number of pyridine rings is 1. The summed E-state index contributed by atoms with van der Waals surface area (Å²) in [6, 6.07) is 5.95. The van der Waals surface area contributed by atoms with Crippen LogP contribution in [0, 0.1) is 6.92 Å². The molecule has 1 saturated heterocycles. The highest BCUT2D eigenvalue weighted by atomic mass is 16.2. The van der Waals surface area contributed by atoms with Crippen LogP contribution in [0.4, 0.5) is 5.82 Å². The molecule has 3 aromatic heterocycles. The van der Waals surface area contributed by atoms with Gasteiger partial charge in [0, 0.05) is 45.1 Å². The quantitative estimate of drug-likeness (QED) is 0.704. The van der Waals surface area contributed by atoms with E-state index in [-0.39, 0.29) is 11.9 Å². The van der Waals surface area contributed by atoms with Gasteiger partial charge in [0.05, 0.1) is 5.39 Å². The molecule has 0 atom stereocenters. The number of rotatable bonds is 3. The molecule has 0 aliphatic carbocycles. The summed E-state index contributed by atoms with van der Waals surface area (Å²) in [4.78, 5) is 29.8. The highest BCUT2D eigenvalue weighted by molar-refractivity contribution is 5.92. The second-order valence-corrected chi connectivity index (χ2v) is 7.00. The number of amides is 1. The van der Waals surface area contributed by atoms with Crippen LogP contribution in [0.5, 0.6) is 0 Å². The van der Waals surface area contributed by atoms with Gasteiger partial charge in [-0.2, -0.15) is 5.10 Å².